The van der Waals surface area contributed by atoms with E-state index < -0.39 is 37.6 Å². The summed E-state index contributed by atoms with van der Waals surface area (Å²) in [6, 6.07) is 1.49. The van der Waals surface area contributed by atoms with E-state index in [1.807, 2.05) is 0 Å². The number of carbonyl (C=O) groups excluding carboxylic acids is 1. The lowest BCUT2D eigenvalue weighted by atomic mass is 9.77. The number of aldehydes is 1. The van der Waals surface area contributed by atoms with E-state index >= 15 is 0 Å². The summed E-state index contributed by atoms with van der Waals surface area (Å²) in [4.78, 5) is 32.8. The van der Waals surface area contributed by atoms with Crippen molar-refractivity contribution < 1.29 is 14.6 Å². The Hall–Kier alpha value is -2.31. The standard InChI is InChI=1S/C15H20N2O5/c1-14(2,3)10-7-11(15(4,5)6)13(17(21)22)9(8-18)12(10)16(19)20/h7-8H,1-6H3. The van der Waals surface area contributed by atoms with Crippen molar-refractivity contribution in [2.75, 3.05) is 0 Å². The van der Waals surface area contributed by atoms with Crippen LogP contribution < -0.4 is 0 Å². The third-order valence-corrected chi connectivity index (χ3v) is 3.41. The molecule has 1 rings (SSSR count). The van der Waals surface area contributed by atoms with Crippen molar-refractivity contribution in [2.24, 2.45) is 0 Å². The maximum absolute atomic E-state index is 11.4. The molecule has 7 heteroatoms. The van der Waals surface area contributed by atoms with Gasteiger partial charge < -0.3 is 0 Å². The minimum atomic E-state index is -0.718. The zero-order valence-corrected chi connectivity index (χ0v) is 13.6. The van der Waals surface area contributed by atoms with Crippen LogP contribution in [0.1, 0.15) is 63.0 Å². The molecule has 0 N–H and O–H groups in total. The minimum absolute atomic E-state index is 0.209. The molecule has 1 aromatic carbocycles. The number of carbonyl (C=O) groups is 1. The topological polar surface area (TPSA) is 103 Å². The lowest BCUT2D eigenvalue weighted by Gasteiger charge is -2.25. The summed E-state index contributed by atoms with van der Waals surface area (Å²) in [5.41, 5.74) is -2.06. The molecule has 7 nitrogen and oxygen atoms in total. The van der Waals surface area contributed by atoms with Crippen molar-refractivity contribution in [3.05, 3.63) is 43.0 Å². The summed E-state index contributed by atoms with van der Waals surface area (Å²) in [6.45, 7) is 10.6. The second-order valence-corrected chi connectivity index (χ2v) is 7.21. The zero-order chi connectivity index (χ0) is 17.5. The van der Waals surface area contributed by atoms with Gasteiger partial charge in [-0.2, -0.15) is 0 Å². The summed E-state index contributed by atoms with van der Waals surface area (Å²) in [5, 5.41) is 22.8. The molecular formula is C15H20N2O5. The zero-order valence-electron chi connectivity index (χ0n) is 13.6. The molecule has 0 radical (unpaired) electrons. The molecule has 22 heavy (non-hydrogen) atoms. The quantitative estimate of drug-likeness (QED) is 0.478. The van der Waals surface area contributed by atoms with Gasteiger partial charge in [-0.1, -0.05) is 41.5 Å². The number of nitro groups is 2. The summed E-state index contributed by atoms with van der Waals surface area (Å²) < 4.78 is 0. The molecular weight excluding hydrogens is 288 g/mol. The van der Waals surface area contributed by atoms with Crippen LogP contribution in [0, 0.1) is 20.2 Å². The van der Waals surface area contributed by atoms with E-state index in [-0.39, 0.29) is 6.29 Å². The van der Waals surface area contributed by atoms with Crippen molar-refractivity contribution in [1.29, 1.82) is 0 Å². The molecule has 0 aliphatic carbocycles. The molecule has 0 aromatic heterocycles. The van der Waals surface area contributed by atoms with E-state index in [1.165, 1.54) is 6.07 Å². The van der Waals surface area contributed by atoms with Gasteiger partial charge in [-0.05, 0) is 16.9 Å². The first-order valence-electron chi connectivity index (χ1n) is 6.78. The molecule has 0 atom stereocenters. The Kier molecular flexibility index (Phi) is 4.41. The molecule has 0 amide bonds. The predicted molar refractivity (Wildman–Crippen MR) is 82.5 cm³/mol. The largest absolute Gasteiger partial charge is 0.297 e. The number of hydrogen-bond donors (Lipinski definition) is 0. The van der Waals surface area contributed by atoms with Gasteiger partial charge in [-0.15, -0.1) is 0 Å². The lowest BCUT2D eigenvalue weighted by Crippen LogP contribution is -2.21. The van der Waals surface area contributed by atoms with Gasteiger partial charge in [0.1, 0.15) is 0 Å². The van der Waals surface area contributed by atoms with E-state index in [9.17, 15) is 25.0 Å². The van der Waals surface area contributed by atoms with E-state index in [1.54, 1.807) is 41.5 Å². The van der Waals surface area contributed by atoms with Crippen LogP contribution in [0.4, 0.5) is 11.4 Å². The van der Waals surface area contributed by atoms with Gasteiger partial charge in [0, 0.05) is 11.1 Å². The highest BCUT2D eigenvalue weighted by Crippen LogP contribution is 2.43. The molecule has 0 bridgehead atoms. The van der Waals surface area contributed by atoms with Gasteiger partial charge in [0.2, 0.25) is 0 Å². The van der Waals surface area contributed by atoms with Crippen LogP contribution >= 0.6 is 0 Å². The fourth-order valence-corrected chi connectivity index (χ4v) is 2.33. The van der Waals surface area contributed by atoms with Crippen LogP contribution in [-0.4, -0.2) is 16.1 Å². The molecule has 0 fully saturated rings. The second-order valence-electron chi connectivity index (χ2n) is 7.21. The third kappa shape index (κ3) is 3.13. The average molecular weight is 308 g/mol. The monoisotopic (exact) mass is 308 g/mol. The Balaban J connectivity index is 4.12. The van der Waals surface area contributed by atoms with Crippen LogP contribution in [0.25, 0.3) is 0 Å². The third-order valence-electron chi connectivity index (χ3n) is 3.41. The number of nitrogens with zero attached hydrogens (tertiary/aromatic N) is 2. The van der Waals surface area contributed by atoms with Crippen LogP contribution in [-0.2, 0) is 10.8 Å². The molecule has 0 heterocycles. The van der Waals surface area contributed by atoms with E-state index in [2.05, 4.69) is 0 Å². The molecule has 0 spiro atoms. The van der Waals surface area contributed by atoms with Crippen molar-refractivity contribution in [3.8, 4) is 0 Å². The molecule has 0 unspecified atom stereocenters. The summed E-state index contributed by atoms with van der Waals surface area (Å²) in [7, 11) is 0. The predicted octanol–water partition coefficient (Wildman–Crippen LogP) is 3.91. The molecule has 0 aliphatic heterocycles. The molecule has 120 valence electrons. The molecule has 0 aliphatic rings. The SMILES string of the molecule is CC(C)(C)c1cc(C(C)(C)C)c([N+](=O)[O-])c(C=O)c1[N+](=O)[O-]. The first-order chi connectivity index (χ1) is 9.82. The first kappa shape index (κ1) is 17.7. The summed E-state index contributed by atoms with van der Waals surface area (Å²) >= 11 is 0. The maximum atomic E-state index is 11.4. The highest BCUT2D eigenvalue weighted by molar-refractivity contribution is 5.90. The number of hydrogen-bond acceptors (Lipinski definition) is 5. The van der Waals surface area contributed by atoms with Crippen molar-refractivity contribution >= 4 is 17.7 Å². The van der Waals surface area contributed by atoms with Gasteiger partial charge in [-0.3, -0.25) is 25.0 Å². The van der Waals surface area contributed by atoms with Crippen LogP contribution in [0.5, 0.6) is 0 Å². The number of benzene rings is 1. The molecule has 1 aromatic rings. The van der Waals surface area contributed by atoms with Gasteiger partial charge in [-0.25, -0.2) is 0 Å². The molecule has 0 saturated heterocycles. The normalized spacial score (nSPS) is 12.1. The van der Waals surface area contributed by atoms with Gasteiger partial charge in [0.15, 0.2) is 11.8 Å². The number of nitro benzene ring substituents is 2. The fourth-order valence-electron chi connectivity index (χ4n) is 2.33. The Morgan fingerprint density at radius 2 is 1.18 bits per heavy atom. The maximum Gasteiger partial charge on any atom is 0.290 e. The van der Waals surface area contributed by atoms with E-state index in [0.29, 0.717) is 11.1 Å². The second kappa shape index (κ2) is 5.47. The average Bonchev–Trinajstić information content (AvgIpc) is 2.33. The van der Waals surface area contributed by atoms with E-state index in [0.717, 1.165) is 0 Å². The van der Waals surface area contributed by atoms with Gasteiger partial charge in [0.05, 0.1) is 9.85 Å². The Morgan fingerprint density at radius 1 is 0.864 bits per heavy atom. The van der Waals surface area contributed by atoms with E-state index in [4.69, 9.17) is 0 Å². The van der Waals surface area contributed by atoms with Crippen molar-refractivity contribution in [1.82, 2.24) is 0 Å². The van der Waals surface area contributed by atoms with Gasteiger partial charge >= 0.3 is 0 Å². The smallest absolute Gasteiger partial charge is 0.290 e. The van der Waals surface area contributed by atoms with Gasteiger partial charge in [0.25, 0.3) is 11.4 Å². The Labute approximate surface area is 128 Å². The lowest BCUT2D eigenvalue weighted by molar-refractivity contribution is -0.395. The highest BCUT2D eigenvalue weighted by atomic mass is 16.6. The van der Waals surface area contributed by atoms with Crippen LogP contribution in [0.2, 0.25) is 0 Å². The van der Waals surface area contributed by atoms with Crippen molar-refractivity contribution in [2.45, 2.75) is 52.4 Å². The highest BCUT2D eigenvalue weighted by Gasteiger charge is 2.39. The number of rotatable bonds is 3. The van der Waals surface area contributed by atoms with Crippen LogP contribution in [0.3, 0.4) is 0 Å². The summed E-state index contributed by atoms with van der Waals surface area (Å²) in [6.07, 6.45) is 0.209. The van der Waals surface area contributed by atoms with Crippen molar-refractivity contribution in [3.63, 3.8) is 0 Å². The Bertz CT molecular complexity index is 601. The molecule has 0 saturated carbocycles. The summed E-state index contributed by atoms with van der Waals surface area (Å²) in [5.74, 6) is 0. The fraction of sp³-hybridized carbons (Fsp3) is 0.533. The minimum Gasteiger partial charge on any atom is -0.297 e. The Morgan fingerprint density at radius 3 is 1.36 bits per heavy atom. The van der Waals surface area contributed by atoms with Crippen LogP contribution in [0.15, 0.2) is 6.07 Å². The first-order valence-corrected chi connectivity index (χ1v) is 6.78.